The average molecular weight is 346 g/mol. The van der Waals surface area contributed by atoms with Gasteiger partial charge in [0.25, 0.3) is 0 Å². The lowest BCUT2D eigenvalue weighted by atomic mass is 10.2. The van der Waals surface area contributed by atoms with Crippen molar-refractivity contribution in [2.24, 2.45) is 0 Å². The normalized spacial score (nSPS) is 10.7. The predicted molar refractivity (Wildman–Crippen MR) is 87.8 cm³/mol. The topological polar surface area (TPSA) is 68.9 Å². The second-order valence-electron chi connectivity index (χ2n) is 4.77. The first-order chi connectivity index (χ1) is 11.0. The summed E-state index contributed by atoms with van der Waals surface area (Å²) < 4.78 is 5.67. The fraction of sp³-hybridized carbons (Fsp3) is 0.125. The van der Waals surface area contributed by atoms with E-state index in [0.29, 0.717) is 27.4 Å². The van der Waals surface area contributed by atoms with Crippen LogP contribution in [0.1, 0.15) is 23.3 Å². The van der Waals surface area contributed by atoms with Gasteiger partial charge in [-0.3, -0.25) is 9.78 Å². The van der Waals surface area contributed by atoms with E-state index in [-0.39, 0.29) is 5.78 Å². The molecule has 3 aromatic heterocycles. The van der Waals surface area contributed by atoms with Gasteiger partial charge in [0, 0.05) is 31.8 Å². The first-order valence-corrected chi connectivity index (χ1v) is 7.96. The average Bonchev–Trinajstić information content (AvgIpc) is 2.90. The number of hydrogen-bond acceptors (Lipinski definition) is 6. The Labute approximate surface area is 142 Å². The molecule has 0 spiro atoms. The fourth-order valence-electron chi connectivity index (χ4n) is 1.92. The summed E-state index contributed by atoms with van der Waals surface area (Å²) in [5.74, 6) is 0.472. The molecule has 0 N–H and O–H groups in total. The predicted octanol–water partition coefficient (Wildman–Crippen LogP) is 4.45. The van der Waals surface area contributed by atoms with Gasteiger partial charge in [0.15, 0.2) is 16.8 Å². The van der Waals surface area contributed by atoms with Crippen LogP contribution >= 0.6 is 23.4 Å². The van der Waals surface area contributed by atoms with E-state index in [1.54, 1.807) is 37.5 Å². The van der Waals surface area contributed by atoms with Gasteiger partial charge in [-0.2, -0.15) is 0 Å². The lowest BCUT2D eigenvalue weighted by Gasteiger charge is -2.02. The number of Topliss-reactive ketones (excluding diaryl/α,β-unsaturated/α-hetero) is 1. The molecule has 0 saturated heterocycles. The second-order valence-corrected chi connectivity index (χ2v) is 6.20. The highest BCUT2D eigenvalue weighted by molar-refractivity contribution is 7.99. The number of rotatable bonds is 4. The molecule has 3 aromatic rings. The van der Waals surface area contributed by atoms with Crippen LogP contribution in [0.25, 0.3) is 11.3 Å². The highest BCUT2D eigenvalue weighted by atomic mass is 35.5. The molecule has 0 aliphatic rings. The summed E-state index contributed by atoms with van der Waals surface area (Å²) in [7, 11) is 0. The van der Waals surface area contributed by atoms with Crippen LogP contribution in [-0.2, 0) is 0 Å². The molecule has 0 aliphatic heterocycles. The molecule has 0 aromatic carbocycles. The number of oxazole rings is 1. The first kappa shape index (κ1) is 15.7. The highest BCUT2D eigenvalue weighted by Crippen LogP contribution is 2.35. The summed E-state index contributed by atoms with van der Waals surface area (Å²) in [6.07, 6.45) is 3.20. The Kier molecular flexibility index (Phi) is 4.45. The number of aromatic nitrogens is 3. The number of nitrogens with zero attached hydrogens (tertiary/aromatic N) is 3. The zero-order valence-corrected chi connectivity index (χ0v) is 14.0. The van der Waals surface area contributed by atoms with Crippen LogP contribution in [0.15, 0.2) is 51.2 Å². The Morgan fingerprint density at radius 2 is 2.00 bits per heavy atom. The minimum Gasteiger partial charge on any atom is -0.434 e. The third-order valence-electron chi connectivity index (χ3n) is 3.00. The van der Waals surface area contributed by atoms with Gasteiger partial charge in [-0.15, -0.1) is 0 Å². The van der Waals surface area contributed by atoms with Gasteiger partial charge in [-0.25, -0.2) is 9.97 Å². The Morgan fingerprint density at radius 1 is 1.17 bits per heavy atom. The number of aryl methyl sites for hydroxylation is 1. The Hall–Kier alpha value is -2.18. The smallest absolute Gasteiger partial charge is 0.195 e. The first-order valence-electron chi connectivity index (χ1n) is 6.77. The Bertz CT molecular complexity index is 845. The van der Waals surface area contributed by atoms with Crippen molar-refractivity contribution in [1.29, 1.82) is 0 Å². The SMILES string of the molecule is CC(=O)c1ccc(-c2nc(C)oc2Sc2ccc(Cl)cn2)cn1. The van der Waals surface area contributed by atoms with Crippen molar-refractivity contribution in [2.45, 2.75) is 24.0 Å². The van der Waals surface area contributed by atoms with Crippen LogP contribution in [0.3, 0.4) is 0 Å². The molecule has 0 fully saturated rings. The second kappa shape index (κ2) is 6.52. The van der Waals surface area contributed by atoms with E-state index < -0.39 is 0 Å². The third kappa shape index (κ3) is 3.60. The van der Waals surface area contributed by atoms with E-state index in [1.165, 1.54) is 18.7 Å². The summed E-state index contributed by atoms with van der Waals surface area (Å²) >= 11 is 7.20. The highest BCUT2D eigenvalue weighted by Gasteiger charge is 2.16. The molecule has 0 amide bonds. The summed E-state index contributed by atoms with van der Waals surface area (Å²) in [6.45, 7) is 3.26. The van der Waals surface area contributed by atoms with E-state index >= 15 is 0 Å². The molecule has 5 nitrogen and oxygen atoms in total. The van der Waals surface area contributed by atoms with Gasteiger partial charge in [-0.05, 0) is 36.0 Å². The molecule has 0 aliphatic carbocycles. The molecule has 0 bridgehead atoms. The van der Waals surface area contributed by atoms with Crippen molar-refractivity contribution >= 4 is 29.1 Å². The Balaban J connectivity index is 1.93. The van der Waals surface area contributed by atoms with Crippen LogP contribution in [0, 0.1) is 6.92 Å². The fourth-order valence-corrected chi connectivity index (χ4v) is 2.89. The van der Waals surface area contributed by atoms with Crippen LogP contribution in [0.5, 0.6) is 0 Å². The van der Waals surface area contributed by atoms with Crippen molar-refractivity contribution in [3.8, 4) is 11.3 Å². The zero-order valence-electron chi connectivity index (χ0n) is 12.4. The number of hydrogen-bond donors (Lipinski definition) is 0. The summed E-state index contributed by atoms with van der Waals surface area (Å²) in [5.41, 5.74) is 1.87. The van der Waals surface area contributed by atoms with Gasteiger partial charge >= 0.3 is 0 Å². The van der Waals surface area contributed by atoms with Crippen molar-refractivity contribution in [3.05, 3.63) is 53.3 Å². The van der Waals surface area contributed by atoms with Crippen molar-refractivity contribution in [3.63, 3.8) is 0 Å². The zero-order chi connectivity index (χ0) is 16.4. The van der Waals surface area contributed by atoms with Crippen LogP contribution in [0.4, 0.5) is 0 Å². The maximum absolute atomic E-state index is 11.3. The minimum atomic E-state index is -0.0761. The van der Waals surface area contributed by atoms with E-state index in [1.807, 2.05) is 6.07 Å². The van der Waals surface area contributed by atoms with Gasteiger partial charge in [-0.1, -0.05) is 11.6 Å². The molecule has 0 radical (unpaired) electrons. The van der Waals surface area contributed by atoms with Crippen LogP contribution < -0.4 is 0 Å². The van der Waals surface area contributed by atoms with Crippen molar-refractivity contribution in [1.82, 2.24) is 15.0 Å². The molecule has 7 heteroatoms. The van der Waals surface area contributed by atoms with E-state index in [2.05, 4.69) is 15.0 Å². The van der Waals surface area contributed by atoms with Gasteiger partial charge in [0.1, 0.15) is 16.4 Å². The largest absolute Gasteiger partial charge is 0.434 e. The summed E-state index contributed by atoms with van der Waals surface area (Å²) in [5, 5.41) is 1.95. The molecular formula is C16H12ClN3O2S. The maximum atomic E-state index is 11.3. The van der Waals surface area contributed by atoms with Gasteiger partial charge in [0.2, 0.25) is 0 Å². The lowest BCUT2D eigenvalue weighted by Crippen LogP contribution is -1.96. The summed E-state index contributed by atoms with van der Waals surface area (Å²) in [4.78, 5) is 24.1. The maximum Gasteiger partial charge on any atom is 0.195 e. The molecular weight excluding hydrogens is 334 g/mol. The number of carbonyl (C=O) groups is 1. The molecule has 0 atom stereocenters. The van der Waals surface area contributed by atoms with Gasteiger partial charge in [0.05, 0.1) is 5.02 Å². The number of ketones is 1. The van der Waals surface area contributed by atoms with E-state index in [0.717, 1.165) is 10.6 Å². The standard InChI is InChI=1S/C16H12ClN3O2S/c1-9(21)13-5-3-11(7-18-13)15-16(22-10(2)20-15)23-14-6-4-12(17)8-19-14/h3-8H,1-2H3. The quantitative estimate of drug-likeness (QED) is 0.651. The molecule has 3 heterocycles. The molecule has 0 unspecified atom stereocenters. The lowest BCUT2D eigenvalue weighted by molar-refractivity contribution is 0.101. The number of halogens is 1. The van der Waals surface area contributed by atoms with Crippen molar-refractivity contribution in [2.75, 3.05) is 0 Å². The molecule has 0 saturated carbocycles. The van der Waals surface area contributed by atoms with Gasteiger partial charge < -0.3 is 4.42 Å². The van der Waals surface area contributed by atoms with E-state index in [9.17, 15) is 4.79 Å². The number of pyridine rings is 2. The van der Waals surface area contributed by atoms with Crippen LogP contribution in [-0.4, -0.2) is 20.7 Å². The van der Waals surface area contributed by atoms with E-state index in [4.69, 9.17) is 16.0 Å². The minimum absolute atomic E-state index is 0.0761. The molecule has 3 rings (SSSR count). The third-order valence-corrected chi connectivity index (χ3v) is 4.13. The monoisotopic (exact) mass is 345 g/mol. The van der Waals surface area contributed by atoms with Crippen molar-refractivity contribution < 1.29 is 9.21 Å². The summed E-state index contributed by atoms with van der Waals surface area (Å²) in [6, 6.07) is 7.06. The number of carbonyl (C=O) groups excluding carboxylic acids is 1. The molecule has 23 heavy (non-hydrogen) atoms. The van der Waals surface area contributed by atoms with Crippen LogP contribution in [0.2, 0.25) is 5.02 Å². The Morgan fingerprint density at radius 3 is 2.61 bits per heavy atom. The molecule has 116 valence electrons.